The lowest BCUT2D eigenvalue weighted by molar-refractivity contribution is -0.122. The first-order chi connectivity index (χ1) is 16.6. The van der Waals surface area contributed by atoms with Crippen molar-refractivity contribution in [2.24, 2.45) is 0 Å². The highest BCUT2D eigenvalue weighted by atomic mass is 32.1. The Bertz CT molecular complexity index is 1300. The van der Waals surface area contributed by atoms with E-state index in [1.54, 1.807) is 30.3 Å². The van der Waals surface area contributed by atoms with Gasteiger partial charge in [-0.2, -0.15) is 0 Å². The number of rotatable bonds is 5. The van der Waals surface area contributed by atoms with Crippen LogP contribution in [0.25, 0.3) is 11.6 Å². The zero-order chi connectivity index (χ0) is 25.5. The molecule has 2 aliphatic rings. The van der Waals surface area contributed by atoms with Crippen LogP contribution >= 0.6 is 12.2 Å². The van der Waals surface area contributed by atoms with E-state index in [0.29, 0.717) is 24.6 Å². The van der Waals surface area contributed by atoms with E-state index in [0.717, 1.165) is 16.8 Å². The quantitative estimate of drug-likeness (QED) is 0.358. The maximum absolute atomic E-state index is 15.3. The summed E-state index contributed by atoms with van der Waals surface area (Å²) in [5, 5.41) is 2.50. The van der Waals surface area contributed by atoms with Crippen molar-refractivity contribution >= 4 is 52.2 Å². The first-order valence-corrected chi connectivity index (χ1v) is 11.9. The molecule has 35 heavy (non-hydrogen) atoms. The van der Waals surface area contributed by atoms with Crippen LogP contribution in [0.2, 0.25) is 0 Å². The van der Waals surface area contributed by atoms with Crippen LogP contribution in [0.1, 0.15) is 45.7 Å². The van der Waals surface area contributed by atoms with Gasteiger partial charge in [-0.05, 0) is 82.8 Å². The van der Waals surface area contributed by atoms with Gasteiger partial charge < -0.3 is 9.64 Å². The lowest BCUT2D eigenvalue weighted by atomic mass is 9.87. The molecule has 1 saturated heterocycles. The highest BCUT2D eigenvalue weighted by molar-refractivity contribution is 7.80. The lowest BCUT2D eigenvalue weighted by Crippen LogP contribution is -2.54. The number of likely N-dealkylation sites (N-methyl/N-ethyl adjacent to an activating group) is 1. The average molecular weight is 494 g/mol. The Balaban J connectivity index is 1.77. The van der Waals surface area contributed by atoms with E-state index in [4.69, 9.17) is 17.0 Å². The second kappa shape index (κ2) is 9.26. The summed E-state index contributed by atoms with van der Waals surface area (Å²) in [6, 6.07) is 10.0. The van der Waals surface area contributed by atoms with Gasteiger partial charge in [0.05, 0.1) is 17.8 Å². The molecule has 0 spiro atoms. The van der Waals surface area contributed by atoms with Crippen molar-refractivity contribution in [2.45, 2.75) is 40.2 Å². The van der Waals surface area contributed by atoms with Gasteiger partial charge >= 0.3 is 0 Å². The summed E-state index contributed by atoms with van der Waals surface area (Å²) in [5.74, 6) is -1.25. The molecule has 0 aliphatic carbocycles. The third kappa shape index (κ3) is 4.46. The molecule has 2 aromatic carbocycles. The summed E-state index contributed by atoms with van der Waals surface area (Å²) >= 11 is 5.28. The van der Waals surface area contributed by atoms with E-state index < -0.39 is 17.6 Å². The number of nitrogens with zero attached hydrogens (tertiary/aromatic N) is 2. The van der Waals surface area contributed by atoms with Crippen LogP contribution in [0.15, 0.2) is 48.0 Å². The maximum Gasteiger partial charge on any atom is 0.270 e. The second-order valence-corrected chi connectivity index (χ2v) is 9.39. The topological polar surface area (TPSA) is 61.9 Å². The minimum absolute atomic E-state index is 0.0451. The number of nitrogens with one attached hydrogen (secondary N) is 1. The Morgan fingerprint density at radius 2 is 1.91 bits per heavy atom. The molecule has 2 heterocycles. The number of halogens is 1. The molecule has 2 aromatic rings. The maximum atomic E-state index is 15.3. The number of hydrogen-bond acceptors (Lipinski definition) is 5. The van der Waals surface area contributed by atoms with E-state index in [1.807, 2.05) is 20.8 Å². The molecule has 0 atom stereocenters. The van der Waals surface area contributed by atoms with Gasteiger partial charge in [0.15, 0.2) is 5.11 Å². The molecule has 2 amide bonds. The van der Waals surface area contributed by atoms with Crippen LogP contribution in [0, 0.1) is 5.82 Å². The number of amides is 2. The lowest BCUT2D eigenvalue weighted by Gasteiger charge is -2.43. The number of carbonyl (C=O) groups is 2. The number of hydrogen-bond donors (Lipinski definition) is 1. The van der Waals surface area contributed by atoms with E-state index in [1.165, 1.54) is 17.0 Å². The second-order valence-electron chi connectivity index (χ2n) is 9.00. The minimum Gasteiger partial charge on any atom is -0.494 e. The van der Waals surface area contributed by atoms with Gasteiger partial charge in [-0.1, -0.05) is 12.1 Å². The Kier molecular flexibility index (Phi) is 6.51. The number of thiocarbonyl (C=S) groups is 1. The summed E-state index contributed by atoms with van der Waals surface area (Å²) < 4.78 is 20.8. The molecule has 4 rings (SSSR count). The van der Waals surface area contributed by atoms with Gasteiger partial charge in [0.2, 0.25) is 0 Å². The van der Waals surface area contributed by atoms with E-state index in [2.05, 4.69) is 30.1 Å². The van der Waals surface area contributed by atoms with Crippen molar-refractivity contribution < 1.29 is 18.7 Å². The number of allylic oxidation sites excluding steroid dienone is 1. The monoisotopic (exact) mass is 493 g/mol. The molecule has 0 radical (unpaired) electrons. The fraction of sp³-hybridized carbons (Fsp3) is 0.296. The number of fused-ring (bicyclic) bond motifs is 1. The molecule has 0 unspecified atom stereocenters. The molecule has 2 aliphatic heterocycles. The summed E-state index contributed by atoms with van der Waals surface area (Å²) in [6.07, 6.45) is 3.43. The van der Waals surface area contributed by atoms with Crippen molar-refractivity contribution in [3.63, 3.8) is 0 Å². The van der Waals surface area contributed by atoms with Crippen molar-refractivity contribution in [2.75, 3.05) is 23.0 Å². The number of benzene rings is 2. The number of ether oxygens (including phenoxy) is 1. The summed E-state index contributed by atoms with van der Waals surface area (Å²) in [5.41, 5.74) is 2.79. The highest BCUT2D eigenvalue weighted by Gasteiger charge is 2.36. The van der Waals surface area contributed by atoms with Crippen LogP contribution < -0.4 is 19.9 Å². The molecule has 8 heteroatoms. The van der Waals surface area contributed by atoms with Gasteiger partial charge in [0.1, 0.15) is 17.1 Å². The van der Waals surface area contributed by atoms with Crippen LogP contribution in [0.3, 0.4) is 0 Å². The Morgan fingerprint density at radius 3 is 2.60 bits per heavy atom. The average Bonchev–Trinajstić information content (AvgIpc) is 2.77. The fourth-order valence-electron chi connectivity index (χ4n) is 4.73. The summed E-state index contributed by atoms with van der Waals surface area (Å²) in [7, 11) is 0. The largest absolute Gasteiger partial charge is 0.494 e. The van der Waals surface area contributed by atoms with Gasteiger partial charge in [-0.3, -0.25) is 19.8 Å². The van der Waals surface area contributed by atoms with Gasteiger partial charge in [-0.15, -0.1) is 0 Å². The third-order valence-electron chi connectivity index (χ3n) is 6.20. The molecule has 0 bridgehead atoms. The zero-order valence-corrected chi connectivity index (χ0v) is 21.3. The van der Waals surface area contributed by atoms with Crippen LogP contribution in [0.5, 0.6) is 5.75 Å². The zero-order valence-electron chi connectivity index (χ0n) is 20.4. The van der Waals surface area contributed by atoms with Crippen LogP contribution in [0.4, 0.5) is 15.8 Å². The fourth-order valence-corrected chi connectivity index (χ4v) is 5.01. The molecule has 6 nitrogen and oxygen atoms in total. The predicted octanol–water partition coefficient (Wildman–Crippen LogP) is 5.08. The number of anilines is 2. The third-order valence-corrected chi connectivity index (χ3v) is 6.49. The van der Waals surface area contributed by atoms with Crippen molar-refractivity contribution in [3.05, 3.63) is 65.0 Å². The van der Waals surface area contributed by atoms with E-state index >= 15 is 4.39 Å². The first-order valence-electron chi connectivity index (χ1n) is 11.5. The van der Waals surface area contributed by atoms with Gasteiger partial charge in [0.25, 0.3) is 11.8 Å². The Labute approximate surface area is 210 Å². The number of carbonyl (C=O) groups excluding carboxylic acids is 2. The van der Waals surface area contributed by atoms with Crippen molar-refractivity contribution in [1.82, 2.24) is 5.32 Å². The molecule has 1 N–H and O–H groups in total. The normalized spacial score (nSPS) is 18.4. The van der Waals surface area contributed by atoms with E-state index in [9.17, 15) is 9.59 Å². The van der Waals surface area contributed by atoms with Gasteiger partial charge in [0, 0.05) is 29.4 Å². The molecule has 0 aromatic heterocycles. The standard InChI is InChI=1S/C27H28FN3O3S/c1-6-30-23-14-22(28)17(11-20(23)16(3)15-27(30,4)5)12-21-24(32)29-26(35)31(25(21)33)18-9-8-10-19(13-18)34-7-2/h8-15H,6-7H2,1-5H3,(H,29,32,35)/b21-12-. The smallest absolute Gasteiger partial charge is 0.270 e. The predicted molar refractivity (Wildman–Crippen MR) is 141 cm³/mol. The SMILES string of the molecule is CCOc1cccc(N2C(=O)/C(=C\c3cc4c(cc3F)N(CC)C(C)(C)C=C4C)C(=O)NC2=S)c1. The van der Waals surface area contributed by atoms with E-state index in [-0.39, 0.29) is 21.8 Å². The first kappa shape index (κ1) is 24.6. The van der Waals surface area contributed by atoms with Crippen LogP contribution in [-0.2, 0) is 9.59 Å². The summed E-state index contributed by atoms with van der Waals surface area (Å²) in [4.78, 5) is 29.5. The molecular weight excluding hydrogens is 465 g/mol. The Hall–Kier alpha value is -3.52. The highest BCUT2D eigenvalue weighted by Crippen LogP contribution is 2.40. The van der Waals surface area contributed by atoms with Crippen molar-refractivity contribution in [3.8, 4) is 5.75 Å². The Morgan fingerprint density at radius 1 is 1.17 bits per heavy atom. The minimum atomic E-state index is -0.669. The molecule has 1 fully saturated rings. The van der Waals surface area contributed by atoms with Crippen LogP contribution in [-0.4, -0.2) is 35.6 Å². The molecule has 0 saturated carbocycles. The molecule has 182 valence electrons. The van der Waals surface area contributed by atoms with Crippen molar-refractivity contribution in [1.29, 1.82) is 0 Å². The summed E-state index contributed by atoms with van der Waals surface area (Å²) in [6.45, 7) is 11.2. The van der Waals surface area contributed by atoms with Gasteiger partial charge in [-0.25, -0.2) is 4.39 Å². The molecular formula is C27H28FN3O3S.